The van der Waals surface area contributed by atoms with Crippen molar-refractivity contribution in [3.63, 3.8) is 0 Å². The third kappa shape index (κ3) is 3.97. The molecule has 5 heteroatoms. The van der Waals surface area contributed by atoms with Crippen LogP contribution >= 0.6 is 11.8 Å². The summed E-state index contributed by atoms with van der Waals surface area (Å²) in [4.78, 5) is 10.4. The van der Waals surface area contributed by atoms with Crippen LogP contribution < -0.4 is 11.1 Å². The van der Waals surface area contributed by atoms with Gasteiger partial charge in [0.2, 0.25) is 0 Å². The fourth-order valence-electron chi connectivity index (χ4n) is 1.28. The van der Waals surface area contributed by atoms with E-state index in [1.807, 2.05) is 11.8 Å². The van der Waals surface area contributed by atoms with Gasteiger partial charge in [0.25, 0.3) is 0 Å². The smallest absolute Gasteiger partial charge is 0.321 e. The number of carbonyl (C=O) groups is 1. The number of hydrogen-bond donors (Lipinski definition) is 3. The van der Waals surface area contributed by atoms with E-state index in [0.29, 0.717) is 12.6 Å². The first-order valence-electron chi connectivity index (χ1n) is 4.49. The monoisotopic (exact) mass is 204 g/mol. The Bertz CT molecular complexity index is 172. The summed E-state index contributed by atoms with van der Waals surface area (Å²) < 4.78 is 0. The molecule has 0 aromatic heterocycles. The first kappa shape index (κ1) is 10.8. The maximum absolute atomic E-state index is 10.4. The molecule has 0 amide bonds. The van der Waals surface area contributed by atoms with E-state index in [2.05, 4.69) is 5.32 Å². The first-order valence-corrected chi connectivity index (χ1v) is 5.65. The molecule has 0 bridgehead atoms. The SMILES string of the molecule is NC(CNC1CCSCC1)C(=O)O. The second kappa shape index (κ2) is 5.47. The van der Waals surface area contributed by atoms with Gasteiger partial charge in [-0.25, -0.2) is 0 Å². The van der Waals surface area contributed by atoms with E-state index in [-0.39, 0.29) is 0 Å². The van der Waals surface area contributed by atoms with Crippen LogP contribution in [0.25, 0.3) is 0 Å². The molecule has 0 aromatic rings. The Balaban J connectivity index is 2.13. The summed E-state index contributed by atoms with van der Waals surface area (Å²) >= 11 is 1.95. The van der Waals surface area contributed by atoms with E-state index < -0.39 is 12.0 Å². The van der Waals surface area contributed by atoms with Crippen LogP contribution in [0.2, 0.25) is 0 Å². The van der Waals surface area contributed by atoms with Crippen molar-refractivity contribution >= 4 is 17.7 Å². The molecule has 1 atom stereocenters. The van der Waals surface area contributed by atoms with Gasteiger partial charge in [-0.2, -0.15) is 11.8 Å². The zero-order valence-electron chi connectivity index (χ0n) is 7.53. The van der Waals surface area contributed by atoms with Gasteiger partial charge >= 0.3 is 5.97 Å². The predicted octanol–water partition coefficient (Wildman–Crippen LogP) is -0.116. The summed E-state index contributed by atoms with van der Waals surface area (Å²) in [6.07, 6.45) is 2.24. The van der Waals surface area contributed by atoms with Crippen LogP contribution in [0.5, 0.6) is 0 Å². The standard InChI is InChI=1S/C8H16N2O2S/c9-7(8(11)12)5-10-6-1-3-13-4-2-6/h6-7,10H,1-5,9H2,(H,11,12). The molecule has 4 N–H and O–H groups in total. The summed E-state index contributed by atoms with van der Waals surface area (Å²) in [5.74, 6) is 1.40. The number of thioether (sulfide) groups is 1. The van der Waals surface area contributed by atoms with Gasteiger partial charge in [-0.1, -0.05) is 0 Å². The van der Waals surface area contributed by atoms with Crippen molar-refractivity contribution < 1.29 is 9.90 Å². The normalized spacial score (nSPS) is 21.3. The number of carboxylic acid groups (broad SMARTS) is 1. The number of hydrogen-bond acceptors (Lipinski definition) is 4. The molecule has 4 nitrogen and oxygen atoms in total. The van der Waals surface area contributed by atoms with Crippen LogP contribution in [0.4, 0.5) is 0 Å². The first-order chi connectivity index (χ1) is 6.20. The van der Waals surface area contributed by atoms with Crippen molar-refractivity contribution in [1.29, 1.82) is 0 Å². The van der Waals surface area contributed by atoms with E-state index in [9.17, 15) is 4.79 Å². The third-order valence-electron chi connectivity index (χ3n) is 2.16. The average Bonchev–Trinajstić information content (AvgIpc) is 2.15. The van der Waals surface area contributed by atoms with Crippen molar-refractivity contribution in [1.82, 2.24) is 5.32 Å². The zero-order chi connectivity index (χ0) is 9.68. The van der Waals surface area contributed by atoms with Gasteiger partial charge in [0.05, 0.1) is 0 Å². The Hall–Kier alpha value is -0.260. The number of nitrogens with two attached hydrogens (primary N) is 1. The molecule has 0 aliphatic carbocycles. The molecule has 0 spiro atoms. The van der Waals surface area contributed by atoms with Gasteiger partial charge in [-0.3, -0.25) is 4.79 Å². The molecule has 1 fully saturated rings. The second-order valence-electron chi connectivity index (χ2n) is 3.24. The Morgan fingerprint density at radius 3 is 2.77 bits per heavy atom. The third-order valence-corrected chi connectivity index (χ3v) is 3.21. The van der Waals surface area contributed by atoms with Gasteiger partial charge in [0.1, 0.15) is 6.04 Å². The van der Waals surface area contributed by atoms with Crippen molar-refractivity contribution in [3.8, 4) is 0 Å². The summed E-state index contributed by atoms with van der Waals surface area (Å²) in [6.45, 7) is 0.380. The molecular formula is C8H16N2O2S. The van der Waals surface area contributed by atoms with Gasteiger partial charge in [-0.05, 0) is 24.3 Å². The fourth-order valence-corrected chi connectivity index (χ4v) is 2.39. The fraction of sp³-hybridized carbons (Fsp3) is 0.875. The van der Waals surface area contributed by atoms with Crippen LogP contribution in [0.1, 0.15) is 12.8 Å². The summed E-state index contributed by atoms with van der Waals surface area (Å²) in [5.41, 5.74) is 5.37. The number of nitrogens with one attached hydrogen (secondary N) is 1. The highest BCUT2D eigenvalue weighted by Gasteiger charge is 2.16. The van der Waals surface area contributed by atoms with Crippen LogP contribution in [-0.2, 0) is 4.79 Å². The number of aliphatic carboxylic acids is 1. The maximum Gasteiger partial charge on any atom is 0.321 e. The highest BCUT2D eigenvalue weighted by atomic mass is 32.2. The minimum Gasteiger partial charge on any atom is -0.480 e. The molecule has 1 saturated heterocycles. The lowest BCUT2D eigenvalue weighted by Gasteiger charge is -2.23. The van der Waals surface area contributed by atoms with Crippen molar-refractivity contribution in [2.24, 2.45) is 5.73 Å². The maximum atomic E-state index is 10.4. The summed E-state index contributed by atoms with van der Waals surface area (Å²) in [5, 5.41) is 11.7. The van der Waals surface area contributed by atoms with Gasteiger partial charge in [0, 0.05) is 12.6 Å². The van der Waals surface area contributed by atoms with Crippen molar-refractivity contribution in [2.45, 2.75) is 24.9 Å². The predicted molar refractivity (Wildman–Crippen MR) is 54.0 cm³/mol. The number of carboxylic acids is 1. The largest absolute Gasteiger partial charge is 0.480 e. The topological polar surface area (TPSA) is 75.3 Å². The minimum atomic E-state index is -0.933. The lowest BCUT2D eigenvalue weighted by atomic mass is 10.1. The zero-order valence-corrected chi connectivity index (χ0v) is 8.35. The van der Waals surface area contributed by atoms with Crippen LogP contribution in [0.15, 0.2) is 0 Å². The van der Waals surface area contributed by atoms with E-state index in [1.165, 1.54) is 11.5 Å². The average molecular weight is 204 g/mol. The molecule has 0 aromatic carbocycles. The molecular weight excluding hydrogens is 188 g/mol. The minimum absolute atomic E-state index is 0.380. The molecule has 1 unspecified atom stereocenters. The number of rotatable bonds is 4. The molecule has 76 valence electrons. The van der Waals surface area contributed by atoms with E-state index in [0.717, 1.165) is 12.8 Å². The van der Waals surface area contributed by atoms with Crippen molar-refractivity contribution in [3.05, 3.63) is 0 Å². The second-order valence-corrected chi connectivity index (χ2v) is 4.46. The lowest BCUT2D eigenvalue weighted by Crippen LogP contribution is -2.44. The van der Waals surface area contributed by atoms with E-state index in [4.69, 9.17) is 10.8 Å². The van der Waals surface area contributed by atoms with Gasteiger partial charge < -0.3 is 16.2 Å². The molecule has 13 heavy (non-hydrogen) atoms. The van der Waals surface area contributed by atoms with Gasteiger partial charge in [-0.15, -0.1) is 0 Å². The van der Waals surface area contributed by atoms with E-state index in [1.54, 1.807) is 0 Å². The van der Waals surface area contributed by atoms with E-state index >= 15 is 0 Å². The molecule has 1 rings (SSSR count). The Morgan fingerprint density at radius 1 is 1.62 bits per heavy atom. The highest BCUT2D eigenvalue weighted by Crippen LogP contribution is 2.16. The van der Waals surface area contributed by atoms with Crippen LogP contribution in [-0.4, -0.2) is 41.2 Å². The summed E-state index contributed by atoms with van der Waals surface area (Å²) in [7, 11) is 0. The Morgan fingerprint density at radius 2 is 2.23 bits per heavy atom. The van der Waals surface area contributed by atoms with Crippen LogP contribution in [0.3, 0.4) is 0 Å². The molecule has 0 radical (unpaired) electrons. The molecule has 0 saturated carbocycles. The highest BCUT2D eigenvalue weighted by molar-refractivity contribution is 7.99. The molecule has 1 aliphatic heterocycles. The quantitative estimate of drug-likeness (QED) is 0.595. The summed E-state index contributed by atoms with van der Waals surface area (Å²) in [6, 6.07) is -0.304. The Labute approximate surface area is 82.3 Å². The van der Waals surface area contributed by atoms with Crippen molar-refractivity contribution in [2.75, 3.05) is 18.1 Å². The van der Waals surface area contributed by atoms with Gasteiger partial charge in [0.15, 0.2) is 0 Å². The molecule has 1 heterocycles. The Kier molecular flexibility index (Phi) is 4.55. The lowest BCUT2D eigenvalue weighted by molar-refractivity contribution is -0.138. The van der Waals surface area contributed by atoms with Crippen LogP contribution in [0, 0.1) is 0 Å². The molecule has 1 aliphatic rings.